The first kappa shape index (κ1) is 16.5. The number of nitrogens with zero attached hydrogens (tertiary/aromatic N) is 1. The summed E-state index contributed by atoms with van der Waals surface area (Å²) in [6.07, 6.45) is 1.75. The zero-order valence-electron chi connectivity index (χ0n) is 13.6. The molecule has 25 heavy (non-hydrogen) atoms. The fourth-order valence-electron chi connectivity index (χ4n) is 2.31. The first-order valence-corrected chi connectivity index (χ1v) is 7.92. The van der Waals surface area contributed by atoms with Gasteiger partial charge in [-0.2, -0.15) is 0 Å². The van der Waals surface area contributed by atoms with Crippen LogP contribution in [0, 0.1) is 0 Å². The van der Waals surface area contributed by atoms with Gasteiger partial charge in [0.2, 0.25) is 5.91 Å². The number of amides is 1. The van der Waals surface area contributed by atoms with Gasteiger partial charge in [-0.3, -0.25) is 9.79 Å². The smallest absolute Gasteiger partial charge is 0.248 e. The molecule has 0 unspecified atom stereocenters. The average molecular weight is 330 g/mol. The van der Waals surface area contributed by atoms with Crippen LogP contribution < -0.4 is 10.5 Å². The van der Waals surface area contributed by atoms with Gasteiger partial charge in [0, 0.05) is 17.3 Å². The van der Waals surface area contributed by atoms with Gasteiger partial charge in [0.05, 0.1) is 5.69 Å². The van der Waals surface area contributed by atoms with Gasteiger partial charge in [-0.25, -0.2) is 0 Å². The maximum absolute atomic E-state index is 11.1. The van der Waals surface area contributed by atoms with E-state index in [4.69, 9.17) is 10.5 Å². The van der Waals surface area contributed by atoms with Gasteiger partial charge >= 0.3 is 0 Å². The lowest BCUT2D eigenvalue weighted by molar-refractivity contribution is 0.100. The van der Waals surface area contributed by atoms with E-state index in [0.29, 0.717) is 12.2 Å². The van der Waals surface area contributed by atoms with Gasteiger partial charge in [0.1, 0.15) is 12.4 Å². The van der Waals surface area contributed by atoms with Crippen LogP contribution in [0.4, 0.5) is 5.69 Å². The Hall–Kier alpha value is -3.40. The molecule has 3 aromatic carbocycles. The fraction of sp³-hybridized carbons (Fsp3) is 0.0476. The number of rotatable bonds is 6. The van der Waals surface area contributed by atoms with E-state index in [2.05, 4.69) is 4.99 Å². The molecule has 124 valence electrons. The van der Waals surface area contributed by atoms with Crippen LogP contribution in [0.25, 0.3) is 0 Å². The van der Waals surface area contributed by atoms with Gasteiger partial charge in [-0.15, -0.1) is 0 Å². The molecule has 0 spiro atoms. The van der Waals surface area contributed by atoms with Crippen molar-refractivity contribution in [3.8, 4) is 5.75 Å². The third kappa shape index (κ3) is 4.54. The Kier molecular flexibility index (Phi) is 5.22. The molecule has 0 saturated carbocycles. The molecule has 3 aromatic rings. The van der Waals surface area contributed by atoms with Gasteiger partial charge in [0.25, 0.3) is 0 Å². The number of carbonyl (C=O) groups excluding carboxylic acids is 1. The van der Waals surface area contributed by atoms with Crippen molar-refractivity contribution >= 4 is 17.8 Å². The van der Waals surface area contributed by atoms with Gasteiger partial charge < -0.3 is 10.5 Å². The Bertz CT molecular complexity index is 872. The van der Waals surface area contributed by atoms with Crippen molar-refractivity contribution in [1.82, 2.24) is 0 Å². The number of nitrogens with two attached hydrogens (primary N) is 1. The number of para-hydroxylation sites is 1. The van der Waals surface area contributed by atoms with Crippen molar-refractivity contribution in [2.24, 2.45) is 10.7 Å². The number of benzene rings is 3. The monoisotopic (exact) mass is 330 g/mol. The molecule has 0 bridgehead atoms. The molecule has 0 aliphatic carbocycles. The largest absolute Gasteiger partial charge is 0.488 e. The lowest BCUT2D eigenvalue weighted by Crippen LogP contribution is -2.10. The fourth-order valence-corrected chi connectivity index (χ4v) is 2.31. The average Bonchev–Trinajstić information content (AvgIpc) is 2.66. The molecule has 4 nitrogen and oxygen atoms in total. The summed E-state index contributed by atoms with van der Waals surface area (Å²) in [7, 11) is 0. The highest BCUT2D eigenvalue weighted by Crippen LogP contribution is 2.19. The summed E-state index contributed by atoms with van der Waals surface area (Å²) in [6.45, 7) is 0.499. The number of ether oxygens (including phenoxy) is 1. The molecular formula is C21H18N2O2. The van der Waals surface area contributed by atoms with Gasteiger partial charge in [-0.1, -0.05) is 42.5 Å². The summed E-state index contributed by atoms with van der Waals surface area (Å²) < 4.78 is 5.91. The first-order chi connectivity index (χ1) is 12.2. The molecule has 2 N–H and O–H groups in total. The summed E-state index contributed by atoms with van der Waals surface area (Å²) in [5.74, 6) is 0.319. The summed E-state index contributed by atoms with van der Waals surface area (Å²) in [5.41, 5.74) is 8.43. The highest BCUT2D eigenvalue weighted by atomic mass is 16.5. The SMILES string of the molecule is NC(=O)c1ccc(N=Cc2ccccc2OCc2ccccc2)cc1. The van der Waals surface area contributed by atoms with E-state index < -0.39 is 5.91 Å². The second kappa shape index (κ2) is 7.93. The summed E-state index contributed by atoms with van der Waals surface area (Å²) in [4.78, 5) is 15.5. The molecule has 4 heteroatoms. The topological polar surface area (TPSA) is 64.7 Å². The lowest BCUT2D eigenvalue weighted by Gasteiger charge is -2.09. The van der Waals surface area contributed by atoms with Crippen LogP contribution in [0.2, 0.25) is 0 Å². The van der Waals surface area contributed by atoms with Gasteiger partial charge in [0.15, 0.2) is 0 Å². The van der Waals surface area contributed by atoms with Crippen LogP contribution in [0.15, 0.2) is 83.9 Å². The Morgan fingerprint density at radius 3 is 2.32 bits per heavy atom. The van der Waals surface area contributed by atoms with Crippen LogP contribution >= 0.6 is 0 Å². The number of hydrogen-bond donors (Lipinski definition) is 1. The summed E-state index contributed by atoms with van der Waals surface area (Å²) in [5, 5.41) is 0. The summed E-state index contributed by atoms with van der Waals surface area (Å²) in [6, 6.07) is 24.6. The molecule has 3 rings (SSSR count). The highest BCUT2D eigenvalue weighted by molar-refractivity contribution is 5.93. The minimum Gasteiger partial charge on any atom is -0.488 e. The van der Waals surface area contributed by atoms with E-state index >= 15 is 0 Å². The van der Waals surface area contributed by atoms with E-state index in [-0.39, 0.29) is 0 Å². The molecule has 0 saturated heterocycles. The van der Waals surface area contributed by atoms with Crippen molar-refractivity contribution in [1.29, 1.82) is 0 Å². The minimum atomic E-state index is -0.449. The zero-order valence-corrected chi connectivity index (χ0v) is 13.6. The number of carbonyl (C=O) groups is 1. The maximum atomic E-state index is 11.1. The predicted octanol–water partition coefficient (Wildman–Crippen LogP) is 4.12. The van der Waals surface area contributed by atoms with E-state index in [9.17, 15) is 4.79 Å². The number of aliphatic imine (C=N–C) groups is 1. The van der Waals surface area contributed by atoms with Crippen molar-refractivity contribution in [2.75, 3.05) is 0 Å². The number of primary amides is 1. The first-order valence-electron chi connectivity index (χ1n) is 7.92. The normalized spacial score (nSPS) is 10.7. The van der Waals surface area contributed by atoms with Crippen LogP contribution in [-0.4, -0.2) is 12.1 Å². The Morgan fingerprint density at radius 2 is 1.60 bits per heavy atom. The van der Waals surface area contributed by atoms with Crippen molar-refractivity contribution in [3.05, 3.63) is 95.6 Å². The molecule has 0 aromatic heterocycles. The molecule has 0 radical (unpaired) electrons. The quantitative estimate of drug-likeness (QED) is 0.691. The maximum Gasteiger partial charge on any atom is 0.248 e. The predicted molar refractivity (Wildman–Crippen MR) is 99.4 cm³/mol. The molecule has 0 aliphatic heterocycles. The Labute approximate surface area is 146 Å². The molecule has 0 fully saturated rings. The Morgan fingerprint density at radius 1 is 0.920 bits per heavy atom. The lowest BCUT2D eigenvalue weighted by atomic mass is 10.2. The third-order valence-corrected chi connectivity index (χ3v) is 3.66. The highest BCUT2D eigenvalue weighted by Gasteiger charge is 2.02. The second-order valence-electron chi connectivity index (χ2n) is 5.48. The minimum absolute atomic E-state index is 0.449. The Balaban J connectivity index is 1.73. The molecule has 0 atom stereocenters. The van der Waals surface area contributed by atoms with Crippen LogP contribution in [-0.2, 0) is 6.61 Å². The summed E-state index contributed by atoms with van der Waals surface area (Å²) >= 11 is 0. The molecule has 1 amide bonds. The van der Waals surface area contributed by atoms with E-state index in [1.807, 2.05) is 54.6 Å². The third-order valence-electron chi connectivity index (χ3n) is 3.66. The molecule has 0 heterocycles. The molecular weight excluding hydrogens is 312 g/mol. The number of hydrogen-bond acceptors (Lipinski definition) is 3. The zero-order chi connectivity index (χ0) is 17.5. The van der Waals surface area contributed by atoms with Gasteiger partial charge in [-0.05, 0) is 42.0 Å². The van der Waals surface area contributed by atoms with Crippen LogP contribution in [0.1, 0.15) is 21.5 Å². The van der Waals surface area contributed by atoms with Crippen LogP contribution in [0.5, 0.6) is 5.75 Å². The standard InChI is InChI=1S/C21H18N2O2/c22-21(24)17-10-12-19(13-11-17)23-14-18-8-4-5-9-20(18)25-15-16-6-2-1-3-7-16/h1-14H,15H2,(H2,22,24). The van der Waals surface area contributed by atoms with E-state index in [1.165, 1.54) is 0 Å². The van der Waals surface area contributed by atoms with Crippen molar-refractivity contribution in [2.45, 2.75) is 6.61 Å². The second-order valence-corrected chi connectivity index (χ2v) is 5.48. The van der Waals surface area contributed by atoms with Crippen LogP contribution in [0.3, 0.4) is 0 Å². The van der Waals surface area contributed by atoms with Crippen molar-refractivity contribution in [3.63, 3.8) is 0 Å². The molecule has 0 aliphatic rings. The van der Waals surface area contributed by atoms with E-state index in [0.717, 1.165) is 22.6 Å². The van der Waals surface area contributed by atoms with Crippen molar-refractivity contribution < 1.29 is 9.53 Å². The van der Waals surface area contributed by atoms with E-state index in [1.54, 1.807) is 30.5 Å².